The van der Waals surface area contributed by atoms with Gasteiger partial charge in [-0.05, 0) is 36.8 Å². The van der Waals surface area contributed by atoms with E-state index in [9.17, 15) is 18.0 Å². The predicted octanol–water partition coefficient (Wildman–Crippen LogP) is 3.78. The van der Waals surface area contributed by atoms with Crippen LogP contribution in [0.25, 0.3) is 0 Å². The number of alkyl halides is 3. The van der Waals surface area contributed by atoms with Crippen LogP contribution in [-0.4, -0.2) is 80.3 Å². The average Bonchev–Trinajstić information content (AvgIpc) is 3.49. The van der Waals surface area contributed by atoms with Gasteiger partial charge in [0.2, 0.25) is 5.95 Å². The van der Waals surface area contributed by atoms with Crippen LogP contribution >= 0.6 is 0 Å². The van der Waals surface area contributed by atoms with Gasteiger partial charge in [-0.25, -0.2) is 20.1 Å². The molecule has 0 aliphatic carbocycles. The number of hydrogen-bond donors (Lipinski definition) is 3. The molecule has 1 saturated heterocycles. The molecule has 1 aliphatic rings. The number of rotatable bonds is 9. The Kier molecular flexibility index (Phi) is 8.35. The highest BCUT2D eigenvalue weighted by Crippen LogP contribution is 2.34. The van der Waals surface area contributed by atoms with E-state index in [1.54, 1.807) is 29.2 Å². The van der Waals surface area contributed by atoms with E-state index in [1.165, 1.54) is 12.7 Å². The van der Waals surface area contributed by atoms with Gasteiger partial charge in [0.1, 0.15) is 30.1 Å². The van der Waals surface area contributed by atoms with E-state index in [-0.39, 0.29) is 11.4 Å². The molecule has 1 fully saturated rings. The second-order valence-electron chi connectivity index (χ2n) is 9.17. The molecule has 1 aliphatic heterocycles. The number of benzene rings is 1. The lowest BCUT2D eigenvalue weighted by Crippen LogP contribution is -2.39. The van der Waals surface area contributed by atoms with Crippen molar-refractivity contribution in [2.75, 3.05) is 54.9 Å². The summed E-state index contributed by atoms with van der Waals surface area (Å²) in [7, 11) is 0. The third-order valence-corrected chi connectivity index (χ3v) is 6.37. The Balaban J connectivity index is 1.39. The molecule has 4 heterocycles. The first-order valence-corrected chi connectivity index (χ1v) is 12.7. The lowest BCUT2D eigenvalue weighted by Gasteiger charge is -2.26. The van der Waals surface area contributed by atoms with E-state index in [0.717, 1.165) is 56.7 Å². The molecule has 3 aromatic heterocycles. The Morgan fingerprint density at radius 2 is 1.88 bits per heavy atom. The van der Waals surface area contributed by atoms with Crippen LogP contribution in [0.3, 0.4) is 0 Å². The Morgan fingerprint density at radius 1 is 1.05 bits per heavy atom. The molecule has 0 unspecified atom stereocenters. The number of carbonyl (C=O) groups excluding carboxylic acids is 1. The normalized spacial score (nSPS) is 14.0. The fourth-order valence-corrected chi connectivity index (χ4v) is 4.24. The number of morpholine rings is 1. The Bertz CT molecular complexity index is 1480. The topological polar surface area (TPSA) is 137 Å². The Hall–Kier alpha value is -4.63. The molecule has 0 bridgehead atoms. The lowest BCUT2D eigenvalue weighted by atomic mass is 10.1. The summed E-state index contributed by atoms with van der Waals surface area (Å²) in [5.41, 5.74) is 0.592. The Morgan fingerprint density at radius 3 is 2.63 bits per heavy atom. The summed E-state index contributed by atoms with van der Waals surface area (Å²) in [5.74, 6) is 0.523. The second kappa shape index (κ2) is 12.3. The number of ether oxygens (including phenoxy) is 1. The number of aromatic amines is 1. The lowest BCUT2D eigenvalue weighted by molar-refractivity contribution is -0.137. The minimum Gasteiger partial charge on any atom is -0.379 e. The van der Waals surface area contributed by atoms with Crippen LogP contribution in [0.5, 0.6) is 0 Å². The first-order chi connectivity index (χ1) is 19.8. The predicted molar refractivity (Wildman–Crippen MR) is 144 cm³/mol. The molecule has 214 valence electrons. The number of halogens is 3. The van der Waals surface area contributed by atoms with Gasteiger partial charge in [-0.15, -0.1) is 0 Å². The third kappa shape index (κ3) is 6.93. The van der Waals surface area contributed by atoms with E-state index in [0.29, 0.717) is 29.8 Å². The minimum absolute atomic E-state index is 0.187. The zero-order valence-corrected chi connectivity index (χ0v) is 22.0. The SMILES string of the molecule is Cc1ccc(C(=O)Nc2cc(C(F)(F)F)ccn2)cc1N(c1cc(NCCN2CCOCC2)ncn1)c1ncn[nH]1. The number of anilines is 5. The van der Waals surface area contributed by atoms with Crippen molar-refractivity contribution in [2.24, 2.45) is 0 Å². The summed E-state index contributed by atoms with van der Waals surface area (Å²) in [6.07, 6.45) is -0.811. The number of hydrogen-bond acceptors (Lipinski definition) is 10. The summed E-state index contributed by atoms with van der Waals surface area (Å²) >= 11 is 0. The standard InChI is InChI=1S/C26H27F3N10O2/c1-17-2-3-18(24(40)36-22-13-19(4-5-30-22)26(27,28)29)12-20(17)39(25-34-16-35-37-25)23-14-21(32-15-33-23)31-6-7-38-8-10-41-11-9-38/h2-5,12-16H,6-11H2,1H3,(H,30,36,40)(H,31,32,33)(H,34,35,37). The van der Waals surface area contributed by atoms with Crippen LogP contribution in [0.1, 0.15) is 21.5 Å². The van der Waals surface area contributed by atoms with Crippen molar-refractivity contribution in [3.63, 3.8) is 0 Å². The van der Waals surface area contributed by atoms with Gasteiger partial charge in [0.05, 0.1) is 24.5 Å². The second-order valence-corrected chi connectivity index (χ2v) is 9.17. The fraction of sp³-hybridized carbons (Fsp3) is 0.308. The molecule has 0 atom stereocenters. The number of aryl methyl sites for hydroxylation is 1. The number of carbonyl (C=O) groups is 1. The smallest absolute Gasteiger partial charge is 0.379 e. The first kappa shape index (κ1) is 27.9. The summed E-state index contributed by atoms with van der Waals surface area (Å²) in [5, 5.41) is 12.5. The highest BCUT2D eigenvalue weighted by atomic mass is 19.4. The maximum atomic E-state index is 13.1. The maximum Gasteiger partial charge on any atom is 0.416 e. The van der Waals surface area contributed by atoms with Crippen molar-refractivity contribution >= 4 is 35.0 Å². The monoisotopic (exact) mass is 568 g/mol. The summed E-state index contributed by atoms with van der Waals surface area (Å²) < 4.78 is 44.7. The molecule has 4 aromatic rings. The van der Waals surface area contributed by atoms with E-state index >= 15 is 0 Å². The van der Waals surface area contributed by atoms with Gasteiger partial charge >= 0.3 is 6.18 Å². The van der Waals surface area contributed by atoms with Crippen molar-refractivity contribution in [1.82, 2.24) is 35.0 Å². The van der Waals surface area contributed by atoms with E-state index in [4.69, 9.17) is 4.74 Å². The molecular formula is C26H27F3N10O2. The average molecular weight is 569 g/mol. The van der Waals surface area contributed by atoms with Crippen LogP contribution in [0.4, 0.5) is 42.3 Å². The van der Waals surface area contributed by atoms with Crippen LogP contribution in [-0.2, 0) is 10.9 Å². The quantitative estimate of drug-likeness (QED) is 0.274. The van der Waals surface area contributed by atoms with Gasteiger partial charge < -0.3 is 15.4 Å². The molecule has 3 N–H and O–H groups in total. The van der Waals surface area contributed by atoms with Crippen LogP contribution in [0.15, 0.2) is 55.2 Å². The molecule has 0 saturated carbocycles. The van der Waals surface area contributed by atoms with Gasteiger partial charge in [-0.3, -0.25) is 14.6 Å². The van der Waals surface area contributed by atoms with Crippen molar-refractivity contribution in [3.8, 4) is 0 Å². The molecule has 41 heavy (non-hydrogen) atoms. The highest BCUT2D eigenvalue weighted by molar-refractivity contribution is 6.04. The van der Waals surface area contributed by atoms with Crippen molar-refractivity contribution in [3.05, 3.63) is 71.9 Å². The number of amides is 1. The van der Waals surface area contributed by atoms with E-state index in [1.807, 2.05) is 6.92 Å². The Labute approximate surface area is 233 Å². The van der Waals surface area contributed by atoms with Gasteiger partial charge in [-0.1, -0.05) is 6.07 Å². The zero-order valence-electron chi connectivity index (χ0n) is 22.0. The van der Waals surface area contributed by atoms with Gasteiger partial charge in [-0.2, -0.15) is 23.3 Å². The first-order valence-electron chi connectivity index (χ1n) is 12.7. The number of H-pyrrole nitrogens is 1. The van der Waals surface area contributed by atoms with Crippen LogP contribution in [0.2, 0.25) is 0 Å². The summed E-state index contributed by atoms with van der Waals surface area (Å²) in [4.78, 5) is 33.9. The molecule has 5 rings (SSSR count). The number of nitrogens with zero attached hydrogens (tertiary/aromatic N) is 7. The third-order valence-electron chi connectivity index (χ3n) is 6.37. The molecule has 1 amide bonds. The van der Waals surface area contributed by atoms with Crippen LogP contribution in [0, 0.1) is 6.92 Å². The van der Waals surface area contributed by atoms with Crippen molar-refractivity contribution in [2.45, 2.75) is 13.1 Å². The fourth-order valence-electron chi connectivity index (χ4n) is 4.24. The van der Waals surface area contributed by atoms with Crippen LogP contribution < -0.4 is 15.5 Å². The minimum atomic E-state index is -4.56. The summed E-state index contributed by atoms with van der Waals surface area (Å²) in [6.45, 7) is 6.53. The molecule has 15 heteroatoms. The maximum absolute atomic E-state index is 13.1. The van der Waals surface area contributed by atoms with Gasteiger partial charge in [0.25, 0.3) is 5.91 Å². The zero-order chi connectivity index (χ0) is 28.8. The molecule has 1 aromatic carbocycles. The largest absolute Gasteiger partial charge is 0.416 e. The van der Waals surface area contributed by atoms with E-state index in [2.05, 4.69) is 45.7 Å². The van der Waals surface area contributed by atoms with Gasteiger partial charge in [0, 0.05) is 44.0 Å². The van der Waals surface area contributed by atoms with E-state index < -0.39 is 17.6 Å². The molecule has 0 radical (unpaired) electrons. The number of nitrogens with one attached hydrogen (secondary N) is 3. The molecule has 12 nitrogen and oxygen atoms in total. The van der Waals surface area contributed by atoms with Crippen molar-refractivity contribution < 1.29 is 22.7 Å². The van der Waals surface area contributed by atoms with Crippen molar-refractivity contribution in [1.29, 1.82) is 0 Å². The van der Waals surface area contributed by atoms with Gasteiger partial charge in [0.15, 0.2) is 0 Å². The molecule has 0 spiro atoms. The number of pyridine rings is 1. The number of aromatic nitrogens is 6. The molecular weight excluding hydrogens is 541 g/mol. The summed E-state index contributed by atoms with van der Waals surface area (Å²) in [6, 6.07) is 8.24. The highest BCUT2D eigenvalue weighted by Gasteiger charge is 2.31.